The zero-order chi connectivity index (χ0) is 30.2. The van der Waals surface area contributed by atoms with Gasteiger partial charge in [0.05, 0.1) is 11.8 Å². The third kappa shape index (κ3) is 14.8. The highest BCUT2D eigenvalue weighted by atomic mass is 35.5. The second kappa shape index (κ2) is 18.5. The number of furan rings is 1. The summed E-state index contributed by atoms with van der Waals surface area (Å²) in [7, 11) is 2.20. The lowest BCUT2D eigenvalue weighted by Gasteiger charge is -2.20. The van der Waals surface area contributed by atoms with E-state index in [4.69, 9.17) is 16.0 Å². The molecular formula is C32H43ClF3NO2. The Morgan fingerprint density at radius 2 is 1.69 bits per heavy atom. The lowest BCUT2D eigenvalue weighted by Crippen LogP contribution is -2.24. The van der Waals surface area contributed by atoms with E-state index in [0.717, 1.165) is 12.6 Å². The van der Waals surface area contributed by atoms with Crippen LogP contribution in [0.15, 0.2) is 93.6 Å². The first-order valence-electron chi connectivity index (χ1n) is 12.9. The predicted molar refractivity (Wildman–Crippen MR) is 159 cm³/mol. The van der Waals surface area contributed by atoms with Gasteiger partial charge in [-0.05, 0) is 89.9 Å². The molecule has 0 fully saturated rings. The van der Waals surface area contributed by atoms with Crippen LogP contribution in [0.25, 0.3) is 5.57 Å². The second-order valence-corrected chi connectivity index (χ2v) is 9.91. The lowest BCUT2D eigenvalue weighted by atomic mass is 10.0. The molecule has 0 bridgehead atoms. The van der Waals surface area contributed by atoms with E-state index in [-0.39, 0.29) is 11.4 Å². The van der Waals surface area contributed by atoms with Gasteiger partial charge in [-0.2, -0.15) is 13.2 Å². The first-order valence-corrected chi connectivity index (χ1v) is 13.3. The third-order valence-electron chi connectivity index (χ3n) is 5.79. The van der Waals surface area contributed by atoms with E-state index in [1.54, 1.807) is 39.0 Å². The summed E-state index contributed by atoms with van der Waals surface area (Å²) in [5, 5.41) is 0.581. The molecule has 2 aromatic rings. The van der Waals surface area contributed by atoms with Gasteiger partial charge in [-0.15, -0.1) is 0 Å². The Hall–Kier alpha value is -2.83. The van der Waals surface area contributed by atoms with Gasteiger partial charge in [-0.25, -0.2) is 0 Å². The molecule has 1 aromatic carbocycles. The molecule has 0 saturated heterocycles. The minimum absolute atomic E-state index is 0.0246. The summed E-state index contributed by atoms with van der Waals surface area (Å²) in [6.07, 6.45) is 0.847. The molecule has 3 nitrogen and oxygen atoms in total. The number of nitrogens with zero attached hydrogens (tertiary/aromatic N) is 1. The first-order chi connectivity index (χ1) is 18.1. The highest BCUT2D eigenvalue weighted by Crippen LogP contribution is 2.33. The summed E-state index contributed by atoms with van der Waals surface area (Å²) in [6, 6.07) is 14.0. The number of alkyl halides is 3. The number of carbonyl (C=O) groups is 1. The largest absolute Gasteiger partial charge is 0.464 e. The van der Waals surface area contributed by atoms with Gasteiger partial charge in [0.15, 0.2) is 5.78 Å². The van der Waals surface area contributed by atoms with Crippen LogP contribution in [-0.4, -0.2) is 37.0 Å². The fourth-order valence-corrected chi connectivity index (χ4v) is 3.55. The average molecular weight is 566 g/mol. The molecule has 39 heavy (non-hydrogen) atoms. The number of carbonyl (C=O) groups excluding carboxylic acids is 1. The van der Waals surface area contributed by atoms with Crippen LogP contribution in [0.4, 0.5) is 13.2 Å². The number of hydrogen-bond donors (Lipinski definition) is 0. The first kappa shape index (κ1) is 36.2. The van der Waals surface area contributed by atoms with Gasteiger partial charge in [0, 0.05) is 22.7 Å². The number of rotatable bonds is 9. The van der Waals surface area contributed by atoms with E-state index >= 15 is 0 Å². The molecule has 0 saturated carbocycles. The Balaban J connectivity index is 0.000000592. The van der Waals surface area contributed by atoms with Crippen molar-refractivity contribution in [3.8, 4) is 0 Å². The molecule has 1 unspecified atom stereocenters. The summed E-state index contributed by atoms with van der Waals surface area (Å²) >= 11 is 5.48. The van der Waals surface area contributed by atoms with Crippen LogP contribution < -0.4 is 0 Å². The fraction of sp³-hybridized carbons (Fsp3) is 0.406. The van der Waals surface area contributed by atoms with E-state index < -0.39 is 11.7 Å². The molecule has 2 rings (SSSR count). The molecule has 0 aliphatic carbocycles. The minimum Gasteiger partial charge on any atom is -0.464 e. The van der Waals surface area contributed by atoms with Crippen molar-refractivity contribution >= 4 is 23.0 Å². The highest BCUT2D eigenvalue weighted by Gasteiger charge is 2.34. The summed E-state index contributed by atoms with van der Waals surface area (Å²) in [5.74, 6) is 1.07. The molecule has 0 aliphatic heterocycles. The molecule has 0 aliphatic rings. The van der Waals surface area contributed by atoms with Crippen molar-refractivity contribution < 1.29 is 22.4 Å². The van der Waals surface area contributed by atoms with Crippen LogP contribution in [0.1, 0.15) is 72.1 Å². The summed E-state index contributed by atoms with van der Waals surface area (Å²) in [5.41, 5.74) is 1.69. The monoisotopic (exact) mass is 565 g/mol. The minimum atomic E-state index is -4.41. The van der Waals surface area contributed by atoms with Gasteiger partial charge in [0.25, 0.3) is 0 Å². The Kier molecular flexibility index (Phi) is 17.1. The van der Waals surface area contributed by atoms with Crippen LogP contribution in [-0.2, 0) is 4.79 Å². The number of hydrogen-bond acceptors (Lipinski definition) is 3. The summed E-state index contributed by atoms with van der Waals surface area (Å²) in [6.45, 7) is 18.1. The third-order valence-corrected chi connectivity index (χ3v) is 6.07. The van der Waals surface area contributed by atoms with Crippen molar-refractivity contribution in [1.82, 2.24) is 4.90 Å². The Bertz CT molecular complexity index is 1090. The van der Waals surface area contributed by atoms with Crippen molar-refractivity contribution in [3.05, 3.63) is 101 Å². The van der Waals surface area contributed by atoms with E-state index in [2.05, 4.69) is 62.7 Å². The van der Waals surface area contributed by atoms with Gasteiger partial charge >= 0.3 is 6.18 Å². The maximum Gasteiger partial charge on any atom is 0.416 e. The molecule has 0 N–H and O–H groups in total. The molecule has 1 aromatic heterocycles. The van der Waals surface area contributed by atoms with Crippen LogP contribution >= 0.6 is 11.6 Å². The van der Waals surface area contributed by atoms with Crippen molar-refractivity contribution in [1.29, 1.82) is 0 Å². The number of halogens is 4. The van der Waals surface area contributed by atoms with Crippen molar-refractivity contribution in [2.75, 3.05) is 20.1 Å². The van der Waals surface area contributed by atoms with Gasteiger partial charge in [-0.3, -0.25) is 4.79 Å². The number of Topliss-reactive ketones (excluding diaryl/α,β-unsaturated/α-hetero) is 1. The predicted octanol–water partition coefficient (Wildman–Crippen LogP) is 9.99. The van der Waals surface area contributed by atoms with Crippen LogP contribution in [0, 0.1) is 0 Å². The van der Waals surface area contributed by atoms with Crippen LogP contribution in [0.3, 0.4) is 0 Å². The molecular weight excluding hydrogens is 523 g/mol. The van der Waals surface area contributed by atoms with Crippen molar-refractivity contribution in [2.24, 2.45) is 0 Å². The molecule has 1 heterocycles. The summed E-state index contributed by atoms with van der Waals surface area (Å²) < 4.78 is 43.2. The van der Waals surface area contributed by atoms with Crippen LogP contribution in [0.5, 0.6) is 0 Å². The van der Waals surface area contributed by atoms with Gasteiger partial charge in [0.2, 0.25) is 0 Å². The molecule has 1 atom stereocenters. The molecule has 7 heteroatoms. The summed E-state index contributed by atoms with van der Waals surface area (Å²) in [4.78, 5) is 12.8. The standard InChI is InChI=1S/C13H13F3O.C13H21N.C6H9ClO/c1-4-10(12-6-5-7-17-12)8-11(9(2)3)13(14,15)16;1-4-10-14(3)11-12(2)13-8-6-5-7-9-13;1-4(5(2)7)6(3)8/h4-8H,2H2,1,3H3;5-9,12H,4,10-11H2,1-3H3;1-3H3/b10-4+,11-8+;;5-4-. The highest BCUT2D eigenvalue weighted by molar-refractivity contribution is 6.31. The lowest BCUT2D eigenvalue weighted by molar-refractivity contribution is -0.113. The van der Waals surface area contributed by atoms with Crippen molar-refractivity contribution in [2.45, 2.75) is 67.0 Å². The normalized spacial score (nSPS) is 13.5. The Morgan fingerprint density at radius 3 is 2.05 bits per heavy atom. The van der Waals surface area contributed by atoms with Crippen molar-refractivity contribution in [3.63, 3.8) is 0 Å². The number of ketones is 1. The van der Waals surface area contributed by atoms with E-state index in [1.165, 1.54) is 38.6 Å². The maximum atomic E-state index is 12.7. The molecule has 0 radical (unpaired) electrons. The SMILES string of the molecule is C=C(C)/C(=C\C(=C/C)c1ccco1)C(F)(F)F.CC(=O)/C(C)=C(/C)Cl.CCCN(C)CC(C)c1ccccc1. The zero-order valence-electron chi connectivity index (χ0n) is 24.5. The molecule has 0 amide bonds. The number of allylic oxidation sites excluding steroid dienone is 7. The van der Waals surface area contributed by atoms with Gasteiger partial charge < -0.3 is 9.32 Å². The number of benzene rings is 1. The smallest absolute Gasteiger partial charge is 0.416 e. The van der Waals surface area contributed by atoms with E-state index in [1.807, 2.05) is 0 Å². The average Bonchev–Trinajstić information content (AvgIpc) is 3.39. The van der Waals surface area contributed by atoms with Gasteiger partial charge in [0.1, 0.15) is 5.76 Å². The van der Waals surface area contributed by atoms with Crippen LogP contribution in [0.2, 0.25) is 0 Å². The zero-order valence-corrected chi connectivity index (χ0v) is 25.2. The van der Waals surface area contributed by atoms with E-state index in [9.17, 15) is 18.0 Å². The fourth-order valence-electron chi connectivity index (χ4n) is 3.41. The Labute approximate surface area is 237 Å². The van der Waals surface area contributed by atoms with Gasteiger partial charge in [-0.1, -0.05) is 68.4 Å². The quantitative estimate of drug-likeness (QED) is 0.224. The number of likely N-dealkylation sites (N-methyl/N-ethyl adjacent to an activating group) is 1. The second-order valence-electron chi connectivity index (χ2n) is 9.35. The topological polar surface area (TPSA) is 33.5 Å². The maximum absolute atomic E-state index is 12.7. The Morgan fingerprint density at radius 1 is 1.10 bits per heavy atom. The molecule has 0 spiro atoms. The molecule has 216 valence electrons. The van der Waals surface area contributed by atoms with E-state index in [0.29, 0.717) is 27.9 Å².